The number of nitrogens with zero attached hydrogens (tertiary/aromatic N) is 5. The molecule has 154 valence electrons. The van der Waals surface area contributed by atoms with Gasteiger partial charge in [-0.25, -0.2) is 4.98 Å². The molecule has 0 saturated carbocycles. The van der Waals surface area contributed by atoms with Crippen molar-refractivity contribution in [1.82, 2.24) is 25.1 Å². The average molecular weight is 396 g/mol. The maximum absolute atomic E-state index is 6.01. The number of fused-ring (bicyclic) bond motifs is 1. The van der Waals surface area contributed by atoms with E-state index in [0.717, 1.165) is 41.1 Å². The van der Waals surface area contributed by atoms with Gasteiger partial charge in [-0.3, -0.25) is 5.10 Å². The molecule has 0 amide bonds. The van der Waals surface area contributed by atoms with Crippen molar-refractivity contribution in [2.75, 3.05) is 56.8 Å². The fourth-order valence-electron chi connectivity index (χ4n) is 3.70. The minimum atomic E-state index is 0.141. The zero-order valence-electron chi connectivity index (χ0n) is 17.3. The SMILES string of the molecule is CNc1nc(-c2ccc3c(N)n[nH]c3c2)cc(N2C[C@@H](CN(C)C)OC[C@H]2C)n1. The first kappa shape index (κ1) is 19.4. The predicted octanol–water partition coefficient (Wildman–Crippen LogP) is 1.80. The molecule has 0 aliphatic carbocycles. The van der Waals surface area contributed by atoms with Crippen LogP contribution in [0.15, 0.2) is 24.3 Å². The van der Waals surface area contributed by atoms with Crippen LogP contribution in [0.2, 0.25) is 0 Å². The first-order valence-corrected chi connectivity index (χ1v) is 9.78. The van der Waals surface area contributed by atoms with E-state index in [1.807, 2.05) is 31.3 Å². The first-order valence-electron chi connectivity index (χ1n) is 9.78. The number of rotatable bonds is 5. The summed E-state index contributed by atoms with van der Waals surface area (Å²) in [6, 6.07) is 8.26. The number of anilines is 3. The van der Waals surface area contributed by atoms with E-state index in [9.17, 15) is 0 Å². The fourth-order valence-corrected chi connectivity index (χ4v) is 3.70. The first-order chi connectivity index (χ1) is 13.9. The molecule has 3 heterocycles. The number of benzene rings is 1. The second-order valence-corrected chi connectivity index (χ2v) is 7.77. The van der Waals surface area contributed by atoms with Crippen LogP contribution in [0.1, 0.15) is 6.92 Å². The lowest BCUT2D eigenvalue weighted by Gasteiger charge is -2.39. The van der Waals surface area contributed by atoms with Crippen LogP contribution < -0.4 is 16.0 Å². The zero-order chi connectivity index (χ0) is 20.5. The molecule has 1 aromatic carbocycles. The van der Waals surface area contributed by atoms with Gasteiger partial charge in [0.15, 0.2) is 5.82 Å². The van der Waals surface area contributed by atoms with Crippen molar-refractivity contribution in [3.63, 3.8) is 0 Å². The second-order valence-electron chi connectivity index (χ2n) is 7.77. The molecule has 2 atom stereocenters. The number of hydrogen-bond acceptors (Lipinski definition) is 8. The van der Waals surface area contributed by atoms with Crippen molar-refractivity contribution in [2.45, 2.75) is 19.1 Å². The normalized spacial score (nSPS) is 19.8. The van der Waals surface area contributed by atoms with E-state index in [0.29, 0.717) is 18.4 Å². The largest absolute Gasteiger partial charge is 0.382 e. The van der Waals surface area contributed by atoms with E-state index in [4.69, 9.17) is 15.5 Å². The summed E-state index contributed by atoms with van der Waals surface area (Å²) in [6.07, 6.45) is 0.141. The summed E-state index contributed by atoms with van der Waals surface area (Å²) in [5.74, 6) is 1.98. The Bertz CT molecular complexity index is 1000. The maximum Gasteiger partial charge on any atom is 0.224 e. The monoisotopic (exact) mass is 396 g/mol. The number of hydrogen-bond donors (Lipinski definition) is 3. The van der Waals surface area contributed by atoms with E-state index < -0.39 is 0 Å². The number of H-pyrrole nitrogens is 1. The van der Waals surface area contributed by atoms with Gasteiger partial charge in [0.2, 0.25) is 5.95 Å². The molecule has 3 aromatic rings. The molecule has 0 bridgehead atoms. The highest BCUT2D eigenvalue weighted by atomic mass is 16.5. The van der Waals surface area contributed by atoms with Crippen LogP contribution in [-0.2, 0) is 4.74 Å². The summed E-state index contributed by atoms with van der Waals surface area (Å²) in [7, 11) is 5.96. The number of nitrogen functional groups attached to an aromatic ring is 1. The molecule has 9 heteroatoms. The van der Waals surface area contributed by atoms with Crippen LogP contribution in [0.4, 0.5) is 17.6 Å². The Morgan fingerprint density at radius 2 is 2.14 bits per heavy atom. The third kappa shape index (κ3) is 3.96. The lowest BCUT2D eigenvalue weighted by molar-refractivity contribution is 0.00851. The van der Waals surface area contributed by atoms with Crippen molar-refractivity contribution in [3.8, 4) is 11.3 Å². The molecule has 1 fully saturated rings. The van der Waals surface area contributed by atoms with Gasteiger partial charge in [0.1, 0.15) is 5.82 Å². The van der Waals surface area contributed by atoms with Crippen LogP contribution in [-0.4, -0.2) is 78.1 Å². The number of nitrogens with one attached hydrogen (secondary N) is 2. The van der Waals surface area contributed by atoms with Gasteiger partial charge in [-0.15, -0.1) is 0 Å². The van der Waals surface area contributed by atoms with Crippen molar-refractivity contribution in [1.29, 1.82) is 0 Å². The van der Waals surface area contributed by atoms with Gasteiger partial charge in [-0.1, -0.05) is 6.07 Å². The Morgan fingerprint density at radius 3 is 2.90 bits per heavy atom. The number of nitrogens with two attached hydrogens (primary N) is 1. The van der Waals surface area contributed by atoms with Gasteiger partial charge in [0.25, 0.3) is 0 Å². The number of ether oxygens (including phenoxy) is 1. The molecule has 0 unspecified atom stereocenters. The molecular weight excluding hydrogens is 368 g/mol. The molecule has 1 aliphatic heterocycles. The number of aromatic amines is 1. The Morgan fingerprint density at radius 1 is 1.31 bits per heavy atom. The molecule has 2 aromatic heterocycles. The van der Waals surface area contributed by atoms with E-state index in [1.165, 1.54) is 0 Å². The molecule has 29 heavy (non-hydrogen) atoms. The van der Waals surface area contributed by atoms with E-state index in [-0.39, 0.29) is 12.1 Å². The van der Waals surface area contributed by atoms with Crippen molar-refractivity contribution < 1.29 is 4.74 Å². The topological polar surface area (TPSA) is 108 Å². The lowest BCUT2D eigenvalue weighted by Crippen LogP contribution is -2.51. The van der Waals surface area contributed by atoms with Crippen LogP contribution in [0.3, 0.4) is 0 Å². The van der Waals surface area contributed by atoms with Crippen LogP contribution >= 0.6 is 0 Å². The standard InChI is InChI=1S/C20H28N8O/c1-12-11-29-14(9-27(3)4)10-28(12)18-8-16(23-20(22-2)24-18)13-5-6-15-17(7-13)25-26-19(15)21/h5-8,12,14H,9-11H2,1-4H3,(H3,21,25,26)(H,22,23,24)/t12-,14-/m1/s1. The molecule has 0 spiro atoms. The second kappa shape index (κ2) is 7.84. The smallest absolute Gasteiger partial charge is 0.224 e. The van der Waals surface area contributed by atoms with Crippen molar-refractivity contribution in [3.05, 3.63) is 24.3 Å². The number of aromatic nitrogens is 4. The summed E-state index contributed by atoms with van der Waals surface area (Å²) in [6.45, 7) is 4.49. The Labute approximate surface area is 170 Å². The zero-order valence-corrected chi connectivity index (χ0v) is 17.3. The van der Waals surface area contributed by atoms with E-state index in [1.54, 1.807) is 0 Å². The molecule has 1 saturated heterocycles. The third-order valence-electron chi connectivity index (χ3n) is 5.19. The summed E-state index contributed by atoms with van der Waals surface area (Å²) in [5.41, 5.74) is 8.60. The fraction of sp³-hybridized carbons (Fsp3) is 0.450. The van der Waals surface area contributed by atoms with Gasteiger partial charge in [0.05, 0.1) is 30.0 Å². The molecule has 9 nitrogen and oxygen atoms in total. The highest BCUT2D eigenvalue weighted by molar-refractivity contribution is 5.91. The van der Waals surface area contributed by atoms with E-state index >= 15 is 0 Å². The quantitative estimate of drug-likeness (QED) is 0.599. The van der Waals surface area contributed by atoms with Gasteiger partial charge in [-0.2, -0.15) is 10.1 Å². The summed E-state index contributed by atoms with van der Waals surface area (Å²) in [4.78, 5) is 13.8. The highest BCUT2D eigenvalue weighted by Gasteiger charge is 2.28. The van der Waals surface area contributed by atoms with Gasteiger partial charge in [0, 0.05) is 37.2 Å². The van der Waals surface area contributed by atoms with Crippen LogP contribution in [0.5, 0.6) is 0 Å². The van der Waals surface area contributed by atoms with Crippen molar-refractivity contribution >= 4 is 28.5 Å². The molecule has 1 aliphatic rings. The summed E-state index contributed by atoms with van der Waals surface area (Å²) >= 11 is 0. The average Bonchev–Trinajstić information content (AvgIpc) is 3.09. The lowest BCUT2D eigenvalue weighted by atomic mass is 10.1. The Hall–Kier alpha value is -2.91. The van der Waals surface area contributed by atoms with Gasteiger partial charge < -0.3 is 25.6 Å². The molecule has 4 rings (SSSR count). The van der Waals surface area contributed by atoms with Gasteiger partial charge in [-0.05, 0) is 33.2 Å². The number of morpholine rings is 1. The minimum Gasteiger partial charge on any atom is -0.382 e. The minimum absolute atomic E-state index is 0.141. The Balaban J connectivity index is 1.70. The highest BCUT2D eigenvalue weighted by Crippen LogP contribution is 2.29. The molecule has 4 N–H and O–H groups in total. The molecule has 0 radical (unpaired) electrons. The predicted molar refractivity (Wildman–Crippen MR) is 116 cm³/mol. The van der Waals surface area contributed by atoms with Crippen LogP contribution in [0, 0.1) is 0 Å². The van der Waals surface area contributed by atoms with Crippen molar-refractivity contribution in [2.24, 2.45) is 0 Å². The molecular formula is C20H28N8O. The maximum atomic E-state index is 6.01. The summed E-state index contributed by atoms with van der Waals surface area (Å²) < 4.78 is 6.01. The van der Waals surface area contributed by atoms with Crippen LogP contribution in [0.25, 0.3) is 22.2 Å². The van der Waals surface area contributed by atoms with E-state index in [2.05, 4.69) is 51.3 Å². The Kier molecular flexibility index (Phi) is 5.25. The summed E-state index contributed by atoms with van der Waals surface area (Å²) in [5, 5.41) is 11.0. The number of likely N-dealkylation sites (N-methyl/N-ethyl adjacent to an activating group) is 1. The third-order valence-corrected chi connectivity index (χ3v) is 5.19. The van der Waals surface area contributed by atoms with Gasteiger partial charge >= 0.3 is 0 Å².